The maximum Gasteiger partial charge on any atom is 0.396 e. The summed E-state index contributed by atoms with van der Waals surface area (Å²) < 4.78 is 5.64. The topological polar surface area (TPSA) is 76.5 Å². The maximum atomic E-state index is 11.0. The van der Waals surface area contributed by atoms with Gasteiger partial charge in [0, 0.05) is 17.2 Å². The summed E-state index contributed by atoms with van der Waals surface area (Å²) in [5.41, 5.74) is 6.76. The largest absolute Gasteiger partial charge is 0.508 e. The van der Waals surface area contributed by atoms with Crippen LogP contribution in [-0.4, -0.2) is 5.11 Å². The minimum Gasteiger partial charge on any atom is -0.508 e. The smallest absolute Gasteiger partial charge is 0.396 e. The maximum absolute atomic E-state index is 11.0. The predicted molar refractivity (Wildman–Crippen MR) is 57.1 cm³/mol. The zero-order valence-corrected chi connectivity index (χ0v) is 8.63. The van der Waals surface area contributed by atoms with E-state index in [1.807, 2.05) is 0 Å². The van der Waals surface area contributed by atoms with E-state index in [1.54, 1.807) is 12.1 Å². The summed E-state index contributed by atoms with van der Waals surface area (Å²) >= 11 is 0.983. The molecule has 0 spiro atoms. The monoisotopic (exact) mass is 223 g/mol. The fraction of sp³-hybridized carbons (Fsp3) is 0.300. The van der Waals surface area contributed by atoms with Gasteiger partial charge in [-0.25, -0.2) is 4.79 Å². The van der Waals surface area contributed by atoms with Gasteiger partial charge in [0.1, 0.15) is 11.3 Å². The molecule has 1 aliphatic carbocycles. The Hall–Kier alpha value is -1.33. The van der Waals surface area contributed by atoms with E-state index in [0.29, 0.717) is 15.8 Å². The molecule has 3 rings (SSSR count). The molecule has 4 nitrogen and oxygen atoms in total. The number of rotatable bonds is 1. The molecule has 2 aromatic rings. The number of benzene rings is 1. The van der Waals surface area contributed by atoms with Crippen LogP contribution in [0.15, 0.2) is 21.3 Å². The lowest BCUT2D eigenvalue weighted by molar-refractivity contribution is 0.460. The highest BCUT2D eigenvalue weighted by molar-refractivity contribution is 7.16. The Morgan fingerprint density at radius 2 is 2.20 bits per heavy atom. The number of phenols is 1. The normalized spacial score (nSPS) is 18.2. The number of hydrogen-bond acceptors (Lipinski definition) is 5. The van der Waals surface area contributed by atoms with Crippen molar-refractivity contribution < 1.29 is 9.52 Å². The number of hydrogen-bond donors (Lipinski definition) is 2. The molecule has 0 radical (unpaired) electrons. The van der Waals surface area contributed by atoms with Crippen molar-refractivity contribution in [2.45, 2.75) is 18.4 Å². The first-order chi connectivity index (χ1) is 7.08. The molecule has 0 bridgehead atoms. The molecule has 1 fully saturated rings. The van der Waals surface area contributed by atoms with Gasteiger partial charge >= 0.3 is 4.94 Å². The molecule has 0 atom stereocenters. The molecule has 0 saturated heterocycles. The van der Waals surface area contributed by atoms with Crippen molar-refractivity contribution in [3.63, 3.8) is 0 Å². The van der Waals surface area contributed by atoms with Gasteiger partial charge in [-0.15, -0.1) is 0 Å². The molecule has 78 valence electrons. The third-order valence-corrected chi connectivity index (χ3v) is 3.56. The Morgan fingerprint density at radius 1 is 1.47 bits per heavy atom. The van der Waals surface area contributed by atoms with Gasteiger partial charge in [-0.05, 0) is 18.9 Å². The second-order valence-electron chi connectivity index (χ2n) is 3.93. The standard InChI is InChI=1S/C10H9NO3S/c11-10(1-2-10)5-3-7-8(4-6(5)12)15-9(13)14-7/h3-4,12H,1-2,11H2. The Balaban J connectivity index is 2.31. The van der Waals surface area contributed by atoms with Crippen LogP contribution in [0.4, 0.5) is 0 Å². The molecule has 3 N–H and O–H groups in total. The Bertz CT molecular complexity index is 594. The van der Waals surface area contributed by atoms with E-state index < -0.39 is 5.54 Å². The summed E-state index contributed by atoms with van der Waals surface area (Å²) in [6, 6.07) is 3.22. The van der Waals surface area contributed by atoms with E-state index in [2.05, 4.69) is 0 Å². The van der Waals surface area contributed by atoms with E-state index in [-0.39, 0.29) is 10.7 Å². The Labute approximate surface area is 88.9 Å². The lowest BCUT2D eigenvalue weighted by Gasteiger charge is -2.10. The average molecular weight is 223 g/mol. The molecule has 15 heavy (non-hydrogen) atoms. The highest BCUT2D eigenvalue weighted by Crippen LogP contribution is 2.47. The molecule has 1 heterocycles. The van der Waals surface area contributed by atoms with Gasteiger partial charge in [0.2, 0.25) is 0 Å². The molecule has 1 aromatic heterocycles. The van der Waals surface area contributed by atoms with Gasteiger partial charge in [-0.3, -0.25) is 0 Å². The first kappa shape index (κ1) is 8.94. The first-order valence-corrected chi connectivity index (χ1v) is 5.46. The van der Waals surface area contributed by atoms with Gasteiger partial charge in [0.25, 0.3) is 0 Å². The van der Waals surface area contributed by atoms with E-state index in [0.717, 1.165) is 24.2 Å². The third kappa shape index (κ3) is 1.27. The molecule has 0 aliphatic heterocycles. The van der Waals surface area contributed by atoms with Gasteiger partial charge in [-0.2, -0.15) is 0 Å². The summed E-state index contributed by atoms with van der Waals surface area (Å²) in [6.07, 6.45) is 1.72. The molecular formula is C10H9NO3S. The minimum atomic E-state index is -0.418. The lowest BCUT2D eigenvalue weighted by atomic mass is 10.0. The lowest BCUT2D eigenvalue weighted by Crippen LogP contribution is -2.18. The SMILES string of the molecule is NC1(c2cc3oc(=O)sc3cc2O)CC1. The number of nitrogens with two attached hydrogens (primary N) is 1. The second-order valence-corrected chi connectivity index (χ2v) is 4.90. The summed E-state index contributed by atoms with van der Waals surface area (Å²) in [4.78, 5) is 10.7. The summed E-state index contributed by atoms with van der Waals surface area (Å²) in [7, 11) is 0. The van der Waals surface area contributed by atoms with Crippen LogP contribution < -0.4 is 10.7 Å². The second kappa shape index (κ2) is 2.62. The molecule has 5 heteroatoms. The summed E-state index contributed by atoms with van der Waals surface area (Å²) in [5, 5.41) is 9.78. The fourth-order valence-electron chi connectivity index (χ4n) is 1.71. The van der Waals surface area contributed by atoms with Crippen molar-refractivity contribution in [1.29, 1.82) is 0 Å². The zero-order chi connectivity index (χ0) is 10.6. The van der Waals surface area contributed by atoms with Crippen LogP contribution in [0.5, 0.6) is 5.75 Å². The number of aromatic hydroxyl groups is 1. The van der Waals surface area contributed by atoms with E-state index >= 15 is 0 Å². The van der Waals surface area contributed by atoms with Crippen molar-refractivity contribution in [3.8, 4) is 5.75 Å². The van der Waals surface area contributed by atoms with Gasteiger partial charge in [0.05, 0.1) is 4.70 Å². The first-order valence-electron chi connectivity index (χ1n) is 4.64. The molecule has 1 aromatic carbocycles. The highest BCUT2D eigenvalue weighted by atomic mass is 32.1. The minimum absolute atomic E-state index is 0.152. The van der Waals surface area contributed by atoms with Gasteiger partial charge in [0.15, 0.2) is 0 Å². The van der Waals surface area contributed by atoms with Gasteiger partial charge < -0.3 is 15.3 Å². The van der Waals surface area contributed by atoms with Crippen molar-refractivity contribution >= 4 is 21.6 Å². The highest BCUT2D eigenvalue weighted by Gasteiger charge is 2.42. The fourth-order valence-corrected chi connectivity index (χ4v) is 2.39. The van der Waals surface area contributed by atoms with Crippen molar-refractivity contribution in [1.82, 2.24) is 0 Å². The van der Waals surface area contributed by atoms with E-state index in [1.165, 1.54) is 0 Å². The van der Waals surface area contributed by atoms with Crippen molar-refractivity contribution in [2.75, 3.05) is 0 Å². The molecular weight excluding hydrogens is 214 g/mol. The summed E-state index contributed by atoms with van der Waals surface area (Å²) in [6.45, 7) is 0. The summed E-state index contributed by atoms with van der Waals surface area (Å²) in [5.74, 6) is 0.152. The van der Waals surface area contributed by atoms with Crippen LogP contribution in [0.3, 0.4) is 0 Å². The Morgan fingerprint density at radius 3 is 2.87 bits per heavy atom. The van der Waals surface area contributed by atoms with Crippen LogP contribution in [-0.2, 0) is 5.54 Å². The molecule has 1 saturated carbocycles. The van der Waals surface area contributed by atoms with E-state index in [4.69, 9.17) is 10.2 Å². The quantitative estimate of drug-likeness (QED) is 0.768. The predicted octanol–water partition coefficient (Wildman–Crippen LogP) is 1.51. The van der Waals surface area contributed by atoms with Crippen LogP contribution in [0.1, 0.15) is 18.4 Å². The van der Waals surface area contributed by atoms with E-state index in [9.17, 15) is 9.90 Å². The molecule has 1 aliphatic rings. The number of fused-ring (bicyclic) bond motifs is 1. The Kier molecular flexibility index (Phi) is 1.56. The van der Waals surface area contributed by atoms with Crippen LogP contribution in [0, 0.1) is 0 Å². The number of phenolic OH excluding ortho intramolecular Hbond substituents is 1. The third-order valence-electron chi connectivity index (χ3n) is 2.77. The van der Waals surface area contributed by atoms with Crippen LogP contribution in [0.25, 0.3) is 10.3 Å². The average Bonchev–Trinajstić information content (AvgIpc) is 2.78. The molecule has 0 amide bonds. The molecule has 0 unspecified atom stereocenters. The van der Waals surface area contributed by atoms with Crippen molar-refractivity contribution in [2.24, 2.45) is 5.73 Å². The van der Waals surface area contributed by atoms with Gasteiger partial charge in [-0.1, -0.05) is 11.3 Å². The zero-order valence-electron chi connectivity index (χ0n) is 7.82. The van der Waals surface area contributed by atoms with Crippen molar-refractivity contribution in [3.05, 3.63) is 27.4 Å². The van der Waals surface area contributed by atoms with Crippen LogP contribution >= 0.6 is 11.3 Å². The van der Waals surface area contributed by atoms with Crippen LogP contribution in [0.2, 0.25) is 0 Å².